The number of hydrogen-bond acceptors (Lipinski definition) is 4. The number of aryl methyl sites for hydroxylation is 2. The van der Waals surface area contributed by atoms with E-state index in [4.69, 9.17) is 0 Å². The number of benzene rings is 2. The third kappa shape index (κ3) is 7.55. The van der Waals surface area contributed by atoms with Gasteiger partial charge in [0.1, 0.15) is 18.4 Å². The lowest BCUT2D eigenvalue weighted by molar-refractivity contribution is -0.140. The summed E-state index contributed by atoms with van der Waals surface area (Å²) in [5, 5.41) is 2.86. The van der Waals surface area contributed by atoms with Gasteiger partial charge in [0, 0.05) is 12.1 Å². The zero-order chi connectivity index (χ0) is 25.8. The average molecular weight is 492 g/mol. The Bertz CT molecular complexity index is 1140. The second kappa shape index (κ2) is 10.5. The highest BCUT2D eigenvalue weighted by Crippen LogP contribution is 2.24. The quantitative estimate of drug-likeness (QED) is 0.612. The number of halogens is 1. The predicted octanol–water partition coefficient (Wildman–Crippen LogP) is 3.54. The van der Waals surface area contributed by atoms with Crippen molar-refractivity contribution in [3.05, 3.63) is 65.0 Å². The average Bonchev–Trinajstić information content (AvgIpc) is 2.70. The van der Waals surface area contributed by atoms with Crippen LogP contribution in [-0.4, -0.2) is 49.5 Å². The normalized spacial score (nSPS) is 12.7. The van der Waals surface area contributed by atoms with Crippen LogP contribution in [0.1, 0.15) is 44.4 Å². The first kappa shape index (κ1) is 27.3. The van der Waals surface area contributed by atoms with Crippen LogP contribution in [0.15, 0.2) is 42.5 Å². The van der Waals surface area contributed by atoms with E-state index in [9.17, 15) is 22.4 Å². The molecule has 2 rings (SSSR count). The number of nitrogens with zero attached hydrogens (tertiary/aromatic N) is 2. The molecule has 0 fully saturated rings. The first-order chi connectivity index (χ1) is 15.6. The minimum atomic E-state index is -3.80. The van der Waals surface area contributed by atoms with Crippen LogP contribution in [0.2, 0.25) is 0 Å². The SMILES string of the molecule is Cc1ccc(C)c(N(CC(=O)N(Cc2ccc(F)cc2)[C@H](C)C(=O)NC(C)(C)C)S(C)(=O)=O)c1. The fourth-order valence-electron chi connectivity index (χ4n) is 3.43. The summed E-state index contributed by atoms with van der Waals surface area (Å²) in [6.45, 7) is 10.2. The summed E-state index contributed by atoms with van der Waals surface area (Å²) < 4.78 is 39.8. The third-order valence-electron chi connectivity index (χ3n) is 5.24. The highest BCUT2D eigenvalue weighted by Gasteiger charge is 2.31. The van der Waals surface area contributed by atoms with Crippen LogP contribution >= 0.6 is 0 Å². The van der Waals surface area contributed by atoms with Gasteiger partial charge < -0.3 is 10.2 Å². The van der Waals surface area contributed by atoms with E-state index in [1.54, 1.807) is 26.0 Å². The van der Waals surface area contributed by atoms with Crippen LogP contribution in [0.3, 0.4) is 0 Å². The van der Waals surface area contributed by atoms with Crippen LogP contribution in [0.4, 0.5) is 10.1 Å². The van der Waals surface area contributed by atoms with E-state index in [0.717, 1.165) is 16.1 Å². The molecule has 186 valence electrons. The summed E-state index contributed by atoms with van der Waals surface area (Å²) in [7, 11) is -3.80. The van der Waals surface area contributed by atoms with Crippen molar-refractivity contribution in [2.45, 2.75) is 59.7 Å². The number of amides is 2. The Morgan fingerprint density at radius 3 is 2.18 bits per heavy atom. The first-order valence-electron chi connectivity index (χ1n) is 11.0. The molecule has 0 aliphatic carbocycles. The number of nitrogens with one attached hydrogen (secondary N) is 1. The van der Waals surface area contributed by atoms with E-state index in [1.165, 1.54) is 29.2 Å². The zero-order valence-electron chi connectivity index (χ0n) is 20.8. The van der Waals surface area contributed by atoms with Gasteiger partial charge in [0.25, 0.3) is 0 Å². The van der Waals surface area contributed by atoms with Crippen LogP contribution in [0.5, 0.6) is 0 Å². The standard InChI is InChI=1S/C25H34FN3O4S/c1-17-8-9-18(2)22(14-17)29(34(7,32)33)16-23(30)28(15-20-10-12-21(26)13-11-20)19(3)24(31)27-25(4,5)6/h8-14,19H,15-16H2,1-7H3,(H,27,31)/t19-/m1/s1. The Balaban J connectivity index is 2.44. The van der Waals surface area contributed by atoms with Gasteiger partial charge in [0.05, 0.1) is 11.9 Å². The van der Waals surface area contributed by atoms with Gasteiger partial charge in [0.2, 0.25) is 21.8 Å². The summed E-state index contributed by atoms with van der Waals surface area (Å²) in [4.78, 5) is 27.7. The molecule has 7 nitrogen and oxygen atoms in total. The Hall–Kier alpha value is -2.94. The summed E-state index contributed by atoms with van der Waals surface area (Å²) in [5.41, 5.74) is 2.05. The molecule has 0 aliphatic heterocycles. The first-order valence-corrected chi connectivity index (χ1v) is 12.8. The summed E-state index contributed by atoms with van der Waals surface area (Å²) in [6.07, 6.45) is 1.04. The number of hydrogen-bond donors (Lipinski definition) is 1. The van der Waals surface area contributed by atoms with Crippen molar-refractivity contribution in [1.82, 2.24) is 10.2 Å². The van der Waals surface area contributed by atoms with Crippen LogP contribution in [-0.2, 0) is 26.2 Å². The molecular weight excluding hydrogens is 457 g/mol. The van der Waals surface area contributed by atoms with Crippen molar-refractivity contribution >= 4 is 27.5 Å². The van der Waals surface area contributed by atoms with Crippen LogP contribution < -0.4 is 9.62 Å². The molecule has 0 aliphatic rings. The zero-order valence-corrected chi connectivity index (χ0v) is 21.7. The molecule has 0 spiro atoms. The van der Waals surface area contributed by atoms with Crippen molar-refractivity contribution in [1.29, 1.82) is 0 Å². The van der Waals surface area contributed by atoms with Crippen molar-refractivity contribution in [3.63, 3.8) is 0 Å². The number of rotatable bonds is 8. The molecule has 2 aromatic rings. The lowest BCUT2D eigenvalue weighted by Gasteiger charge is -2.33. The monoisotopic (exact) mass is 491 g/mol. The molecule has 0 heterocycles. The number of carbonyl (C=O) groups excluding carboxylic acids is 2. The van der Waals surface area contributed by atoms with E-state index in [1.807, 2.05) is 33.8 Å². The Morgan fingerprint density at radius 1 is 1.06 bits per heavy atom. The van der Waals surface area contributed by atoms with E-state index >= 15 is 0 Å². The van der Waals surface area contributed by atoms with Gasteiger partial charge in [-0.25, -0.2) is 12.8 Å². The minimum absolute atomic E-state index is 0.0161. The van der Waals surface area contributed by atoms with E-state index in [0.29, 0.717) is 16.8 Å². The van der Waals surface area contributed by atoms with Crippen molar-refractivity contribution < 1.29 is 22.4 Å². The highest BCUT2D eigenvalue weighted by atomic mass is 32.2. The van der Waals surface area contributed by atoms with Crippen LogP contribution in [0.25, 0.3) is 0 Å². The third-order valence-corrected chi connectivity index (χ3v) is 6.37. The van der Waals surface area contributed by atoms with Gasteiger partial charge in [-0.1, -0.05) is 24.3 Å². The largest absolute Gasteiger partial charge is 0.350 e. The molecule has 0 bridgehead atoms. The number of carbonyl (C=O) groups is 2. The molecule has 34 heavy (non-hydrogen) atoms. The van der Waals surface area contributed by atoms with Gasteiger partial charge >= 0.3 is 0 Å². The lowest BCUT2D eigenvalue weighted by atomic mass is 10.1. The highest BCUT2D eigenvalue weighted by molar-refractivity contribution is 7.92. The molecule has 2 aromatic carbocycles. The Kier molecular flexibility index (Phi) is 8.47. The predicted molar refractivity (Wildman–Crippen MR) is 132 cm³/mol. The molecule has 1 atom stereocenters. The molecular formula is C25H34FN3O4S. The maximum absolute atomic E-state index is 13.5. The van der Waals surface area contributed by atoms with E-state index in [-0.39, 0.29) is 12.5 Å². The van der Waals surface area contributed by atoms with Gasteiger partial charge in [-0.3, -0.25) is 13.9 Å². The van der Waals surface area contributed by atoms with E-state index in [2.05, 4.69) is 5.32 Å². The smallest absolute Gasteiger partial charge is 0.244 e. The molecule has 0 saturated heterocycles. The molecule has 9 heteroatoms. The maximum atomic E-state index is 13.5. The topological polar surface area (TPSA) is 86.8 Å². The Labute approximate surface area is 202 Å². The summed E-state index contributed by atoms with van der Waals surface area (Å²) in [5.74, 6) is -1.34. The van der Waals surface area contributed by atoms with Crippen molar-refractivity contribution in [3.8, 4) is 0 Å². The maximum Gasteiger partial charge on any atom is 0.244 e. The fraction of sp³-hybridized carbons (Fsp3) is 0.440. The van der Waals surface area contributed by atoms with Crippen molar-refractivity contribution in [2.75, 3.05) is 17.1 Å². The number of sulfonamides is 1. The van der Waals surface area contributed by atoms with Crippen LogP contribution in [0, 0.1) is 19.7 Å². The molecule has 0 saturated carbocycles. The molecule has 2 amide bonds. The van der Waals surface area contributed by atoms with Gasteiger partial charge in [-0.2, -0.15) is 0 Å². The molecule has 0 radical (unpaired) electrons. The molecule has 0 aromatic heterocycles. The van der Waals surface area contributed by atoms with Gasteiger partial charge in [0.15, 0.2) is 0 Å². The molecule has 0 unspecified atom stereocenters. The van der Waals surface area contributed by atoms with Gasteiger partial charge in [-0.05, 0) is 76.4 Å². The fourth-order valence-corrected chi connectivity index (χ4v) is 4.33. The number of anilines is 1. The minimum Gasteiger partial charge on any atom is -0.350 e. The molecule has 1 N–H and O–H groups in total. The van der Waals surface area contributed by atoms with E-state index < -0.39 is 39.9 Å². The lowest BCUT2D eigenvalue weighted by Crippen LogP contribution is -2.54. The van der Waals surface area contributed by atoms with Gasteiger partial charge in [-0.15, -0.1) is 0 Å². The second-order valence-corrected chi connectivity index (χ2v) is 11.5. The Morgan fingerprint density at radius 2 is 1.65 bits per heavy atom. The van der Waals surface area contributed by atoms with Crippen molar-refractivity contribution in [2.24, 2.45) is 0 Å². The second-order valence-electron chi connectivity index (χ2n) is 9.62. The summed E-state index contributed by atoms with van der Waals surface area (Å²) in [6, 6.07) is 10.1. The summed E-state index contributed by atoms with van der Waals surface area (Å²) >= 11 is 0.